The average molecular weight is 321 g/mol. The lowest BCUT2D eigenvalue weighted by molar-refractivity contribution is 0.0972. The molecule has 1 atom stereocenters. The van der Waals surface area contributed by atoms with Crippen LogP contribution in [0.2, 0.25) is 0 Å². The number of Topliss-reactive ketones (excluding diaryl/α,β-unsaturated/α-hetero) is 1. The van der Waals surface area contributed by atoms with E-state index in [9.17, 15) is 4.79 Å². The van der Waals surface area contributed by atoms with E-state index < -0.39 is 0 Å². The molecule has 6 nitrogen and oxygen atoms in total. The minimum absolute atomic E-state index is 0.0581. The van der Waals surface area contributed by atoms with Crippen LogP contribution in [0.15, 0.2) is 16.8 Å². The molecule has 0 unspecified atom stereocenters. The van der Waals surface area contributed by atoms with E-state index in [1.807, 2.05) is 29.2 Å². The molecule has 2 aromatic rings. The fraction of sp³-hybridized carbons (Fsp3) is 0.462. The number of thiophene rings is 1. The molecule has 0 spiro atoms. The Morgan fingerprint density at radius 1 is 1.62 bits per heavy atom. The minimum Gasteiger partial charge on any atom is -0.294 e. The van der Waals surface area contributed by atoms with Gasteiger partial charge in [-0.3, -0.25) is 4.79 Å². The normalized spacial score (nSPS) is 12.0. The number of carbonyl (C=O) groups excluding carboxylic acids is 1. The summed E-state index contributed by atoms with van der Waals surface area (Å²) in [7, 11) is 0. The quantitative estimate of drug-likeness (QED) is 0.694. The summed E-state index contributed by atoms with van der Waals surface area (Å²) in [5, 5.41) is 24.4. The van der Waals surface area contributed by atoms with Gasteiger partial charge in [0, 0.05) is 23.3 Å². The van der Waals surface area contributed by atoms with Crippen molar-refractivity contribution in [2.75, 3.05) is 12.0 Å². The van der Waals surface area contributed by atoms with Crippen molar-refractivity contribution in [3.05, 3.63) is 28.2 Å². The van der Waals surface area contributed by atoms with Gasteiger partial charge in [-0.15, -0.1) is 15.0 Å². The third-order valence-electron chi connectivity index (χ3n) is 2.99. The minimum atomic E-state index is -0.0581. The van der Waals surface area contributed by atoms with Crippen LogP contribution in [-0.4, -0.2) is 38.0 Å². The van der Waals surface area contributed by atoms with Crippen LogP contribution in [-0.2, 0) is 6.54 Å². The summed E-state index contributed by atoms with van der Waals surface area (Å²) in [6.45, 7) is 0.0702. The first-order chi connectivity index (χ1) is 10.2. The standard InChI is InChI=1S/C13H15N5OS2/c1-20-6-2-10(8-12(19)11-3-7-21-9-11)13-15-17-18(16-13)5-4-14/h3,7,9-10H,2,5-6,8H2,1H3/t10-/m1/s1. The highest BCUT2D eigenvalue weighted by Crippen LogP contribution is 2.24. The predicted molar refractivity (Wildman–Crippen MR) is 82.4 cm³/mol. The van der Waals surface area contributed by atoms with Crippen LogP contribution in [0.4, 0.5) is 0 Å². The first kappa shape index (κ1) is 15.7. The molecule has 0 aliphatic rings. The Labute approximate surface area is 131 Å². The first-order valence-corrected chi connectivity index (χ1v) is 8.77. The number of hydrogen-bond donors (Lipinski definition) is 0. The molecule has 0 radical (unpaired) electrons. The van der Waals surface area contributed by atoms with E-state index >= 15 is 0 Å². The van der Waals surface area contributed by atoms with Crippen LogP contribution in [0.3, 0.4) is 0 Å². The van der Waals surface area contributed by atoms with E-state index in [1.54, 1.807) is 11.8 Å². The number of hydrogen-bond acceptors (Lipinski definition) is 7. The van der Waals surface area contributed by atoms with Gasteiger partial charge < -0.3 is 0 Å². The summed E-state index contributed by atoms with van der Waals surface area (Å²) in [4.78, 5) is 13.5. The molecule has 2 rings (SSSR count). The molecule has 2 heterocycles. The van der Waals surface area contributed by atoms with Gasteiger partial charge in [-0.25, -0.2) is 0 Å². The molecule has 0 saturated carbocycles. The second kappa shape index (κ2) is 7.90. The number of rotatable bonds is 8. The first-order valence-electron chi connectivity index (χ1n) is 6.43. The topological polar surface area (TPSA) is 84.5 Å². The SMILES string of the molecule is CSCC[C@H](CC(=O)c1ccsc1)c1nnn(CC#N)n1. The number of aromatic nitrogens is 4. The third kappa shape index (κ3) is 4.37. The predicted octanol–water partition coefficient (Wildman–Crippen LogP) is 2.37. The second-order valence-corrected chi connectivity index (χ2v) is 6.22. The molecular formula is C13H15N5OS2. The van der Waals surface area contributed by atoms with Gasteiger partial charge in [0.15, 0.2) is 11.6 Å². The maximum absolute atomic E-state index is 12.2. The zero-order valence-electron chi connectivity index (χ0n) is 11.6. The molecule has 110 valence electrons. The lowest BCUT2D eigenvalue weighted by Crippen LogP contribution is -2.10. The third-order valence-corrected chi connectivity index (χ3v) is 4.32. The fourth-order valence-electron chi connectivity index (χ4n) is 1.90. The number of carbonyl (C=O) groups is 1. The Balaban J connectivity index is 2.09. The molecule has 0 saturated heterocycles. The number of nitriles is 1. The average Bonchev–Trinajstić information content (AvgIpc) is 3.14. The number of tetrazole rings is 1. The van der Waals surface area contributed by atoms with Crippen LogP contribution in [0.5, 0.6) is 0 Å². The molecule has 0 aliphatic heterocycles. The van der Waals surface area contributed by atoms with Gasteiger partial charge in [0.1, 0.15) is 6.54 Å². The highest BCUT2D eigenvalue weighted by atomic mass is 32.2. The molecule has 2 aromatic heterocycles. The van der Waals surface area contributed by atoms with E-state index in [0.717, 1.165) is 17.7 Å². The summed E-state index contributed by atoms with van der Waals surface area (Å²) in [6.07, 6.45) is 3.21. The lowest BCUT2D eigenvalue weighted by atomic mass is 9.96. The fourth-order valence-corrected chi connectivity index (χ4v) is 3.08. The van der Waals surface area contributed by atoms with E-state index in [4.69, 9.17) is 5.26 Å². The van der Waals surface area contributed by atoms with E-state index in [1.165, 1.54) is 16.1 Å². The van der Waals surface area contributed by atoms with Gasteiger partial charge in [-0.2, -0.15) is 28.4 Å². The van der Waals surface area contributed by atoms with Crippen molar-refractivity contribution in [3.8, 4) is 6.07 Å². The molecule has 21 heavy (non-hydrogen) atoms. The van der Waals surface area contributed by atoms with Gasteiger partial charge in [0.25, 0.3) is 0 Å². The van der Waals surface area contributed by atoms with E-state index in [0.29, 0.717) is 12.2 Å². The van der Waals surface area contributed by atoms with Crippen molar-refractivity contribution < 1.29 is 4.79 Å². The Hall–Kier alpha value is -1.72. The Morgan fingerprint density at radius 2 is 2.48 bits per heavy atom. The molecule has 0 amide bonds. The summed E-state index contributed by atoms with van der Waals surface area (Å²) in [5.74, 6) is 1.51. The summed E-state index contributed by atoms with van der Waals surface area (Å²) in [5.41, 5.74) is 0.735. The van der Waals surface area contributed by atoms with Crippen molar-refractivity contribution >= 4 is 28.9 Å². The van der Waals surface area contributed by atoms with Gasteiger partial charge in [0.2, 0.25) is 0 Å². The molecule has 0 bridgehead atoms. The maximum atomic E-state index is 12.2. The van der Waals surface area contributed by atoms with Gasteiger partial charge in [-0.05, 0) is 35.1 Å². The van der Waals surface area contributed by atoms with Crippen molar-refractivity contribution in [1.82, 2.24) is 20.2 Å². The molecular weight excluding hydrogens is 306 g/mol. The smallest absolute Gasteiger partial charge is 0.178 e. The summed E-state index contributed by atoms with van der Waals surface area (Å²) >= 11 is 3.23. The van der Waals surface area contributed by atoms with Crippen LogP contribution in [0.1, 0.15) is 34.9 Å². The Kier molecular flexibility index (Phi) is 5.90. The maximum Gasteiger partial charge on any atom is 0.178 e. The number of ketones is 1. The van der Waals surface area contributed by atoms with Crippen molar-refractivity contribution in [3.63, 3.8) is 0 Å². The van der Waals surface area contributed by atoms with E-state index in [-0.39, 0.29) is 18.2 Å². The zero-order valence-corrected chi connectivity index (χ0v) is 13.2. The molecule has 0 aliphatic carbocycles. The molecule has 0 fully saturated rings. The van der Waals surface area contributed by atoms with Crippen LogP contribution >= 0.6 is 23.1 Å². The highest BCUT2D eigenvalue weighted by molar-refractivity contribution is 7.98. The molecule has 8 heteroatoms. The van der Waals surface area contributed by atoms with Gasteiger partial charge in [0.05, 0.1) is 6.07 Å². The summed E-state index contributed by atoms with van der Waals surface area (Å²) in [6, 6.07) is 3.80. The molecule has 0 N–H and O–H groups in total. The number of thioether (sulfide) groups is 1. The van der Waals surface area contributed by atoms with Crippen LogP contribution < -0.4 is 0 Å². The van der Waals surface area contributed by atoms with Crippen molar-refractivity contribution in [1.29, 1.82) is 5.26 Å². The van der Waals surface area contributed by atoms with Gasteiger partial charge in [-0.1, -0.05) is 0 Å². The highest BCUT2D eigenvalue weighted by Gasteiger charge is 2.21. The number of nitrogens with zero attached hydrogens (tertiary/aromatic N) is 5. The Morgan fingerprint density at radius 3 is 3.14 bits per heavy atom. The summed E-state index contributed by atoms with van der Waals surface area (Å²) < 4.78 is 0. The van der Waals surface area contributed by atoms with Gasteiger partial charge >= 0.3 is 0 Å². The van der Waals surface area contributed by atoms with Crippen LogP contribution in [0, 0.1) is 11.3 Å². The molecule has 0 aromatic carbocycles. The van der Waals surface area contributed by atoms with E-state index in [2.05, 4.69) is 15.4 Å². The lowest BCUT2D eigenvalue weighted by Gasteiger charge is -2.11. The van der Waals surface area contributed by atoms with Crippen molar-refractivity contribution in [2.45, 2.75) is 25.3 Å². The monoisotopic (exact) mass is 321 g/mol. The van der Waals surface area contributed by atoms with Crippen LogP contribution in [0.25, 0.3) is 0 Å². The van der Waals surface area contributed by atoms with Crippen molar-refractivity contribution in [2.24, 2.45) is 0 Å². The Bertz CT molecular complexity index is 617. The largest absolute Gasteiger partial charge is 0.294 e. The second-order valence-electron chi connectivity index (χ2n) is 4.45. The zero-order chi connectivity index (χ0) is 15.1.